The molecule has 16 heavy (non-hydrogen) atoms. The predicted molar refractivity (Wildman–Crippen MR) is 54.0 cm³/mol. The first-order chi connectivity index (χ1) is 7.16. The van der Waals surface area contributed by atoms with Crippen molar-refractivity contribution in [1.82, 2.24) is 0 Å². The summed E-state index contributed by atoms with van der Waals surface area (Å²) < 4.78 is 54.2. The number of hydrogen-bond acceptors (Lipinski definition) is 2. The van der Waals surface area contributed by atoms with E-state index in [0.717, 1.165) is 6.07 Å². The number of benzene rings is 1. The lowest BCUT2D eigenvalue weighted by Crippen LogP contribution is -2.07. The van der Waals surface area contributed by atoms with Crippen LogP contribution in [0.15, 0.2) is 18.2 Å². The Kier molecular flexibility index (Phi) is 5.63. The molecule has 0 fully saturated rings. The Morgan fingerprint density at radius 1 is 1.31 bits per heavy atom. The van der Waals surface area contributed by atoms with Crippen molar-refractivity contribution >= 4 is 11.3 Å². The molecule has 0 aliphatic rings. The summed E-state index contributed by atoms with van der Waals surface area (Å²) in [7, 11) is 0. The maximum atomic E-state index is 12.2. The maximum absolute atomic E-state index is 12.2. The van der Waals surface area contributed by atoms with Crippen LogP contribution in [-0.4, -0.2) is 8.76 Å². The molecule has 0 amide bonds. The molecule has 1 aromatic carbocycles. The lowest BCUT2D eigenvalue weighted by Gasteiger charge is -2.11. The first-order valence-electron chi connectivity index (χ1n) is 4.13. The summed E-state index contributed by atoms with van der Waals surface area (Å²) in [6, 6.07) is 4.19. The molecule has 92 valence electrons. The number of nitrogens with two attached hydrogens (primary N) is 1. The van der Waals surface area contributed by atoms with Gasteiger partial charge in [-0.05, 0) is 31.0 Å². The largest absolute Gasteiger partial charge is 0.760 e. The molecule has 1 aromatic rings. The van der Waals surface area contributed by atoms with E-state index in [-0.39, 0.29) is 0 Å². The smallest absolute Gasteiger partial charge is 0.416 e. The van der Waals surface area contributed by atoms with Gasteiger partial charge in [0.05, 0.1) is 5.56 Å². The maximum Gasteiger partial charge on any atom is 0.416 e. The third kappa shape index (κ3) is 5.24. The topological polar surface area (TPSA) is 66.2 Å². The molecule has 3 nitrogen and oxygen atoms in total. The zero-order valence-electron chi connectivity index (χ0n) is 8.67. The van der Waals surface area contributed by atoms with Crippen molar-refractivity contribution in [3.8, 4) is 0 Å². The average Bonchev–Trinajstić information content (AvgIpc) is 2.06. The fourth-order valence-electron chi connectivity index (χ4n) is 1.06. The van der Waals surface area contributed by atoms with Crippen LogP contribution in [0.4, 0.5) is 13.2 Å². The molecule has 1 atom stereocenters. The van der Waals surface area contributed by atoms with Gasteiger partial charge in [-0.25, -0.2) is 0 Å². The van der Waals surface area contributed by atoms with E-state index < -0.39 is 23.0 Å². The Morgan fingerprint density at radius 2 is 1.75 bits per heavy atom. The van der Waals surface area contributed by atoms with E-state index in [1.54, 1.807) is 13.0 Å². The second-order valence-corrected chi connectivity index (χ2v) is 3.53. The zero-order chi connectivity index (χ0) is 12.9. The first-order valence-corrected chi connectivity index (χ1v) is 5.27. The van der Waals surface area contributed by atoms with Gasteiger partial charge in [-0.3, -0.25) is 9.35 Å². The number of rotatable bonds is 0. The van der Waals surface area contributed by atoms with Gasteiger partial charge >= 0.3 is 6.18 Å². The van der Waals surface area contributed by atoms with Crippen LogP contribution >= 0.6 is 0 Å². The molecule has 0 bridgehead atoms. The fraction of sp³-hybridized carbons (Fsp3) is 0.333. The summed E-state index contributed by atoms with van der Waals surface area (Å²) in [6.07, 6.45) is -4.23. The van der Waals surface area contributed by atoms with Crippen LogP contribution < -0.4 is 5.14 Å². The second-order valence-electron chi connectivity index (χ2n) is 3.01. The highest BCUT2D eigenvalue weighted by atomic mass is 32.2. The van der Waals surface area contributed by atoms with Crippen molar-refractivity contribution in [2.45, 2.75) is 20.0 Å². The van der Waals surface area contributed by atoms with E-state index in [1.165, 1.54) is 13.0 Å². The van der Waals surface area contributed by atoms with Crippen molar-refractivity contribution in [3.05, 3.63) is 34.9 Å². The number of aryl methyl sites for hydroxylation is 1. The Bertz CT molecular complexity index is 376. The molecular formula is C9H11F3NO2S-. The Balaban J connectivity index is 0.000000487. The van der Waals surface area contributed by atoms with E-state index in [9.17, 15) is 13.2 Å². The van der Waals surface area contributed by atoms with Crippen molar-refractivity contribution in [3.63, 3.8) is 0 Å². The van der Waals surface area contributed by atoms with Crippen LogP contribution in [0.3, 0.4) is 0 Å². The van der Waals surface area contributed by atoms with Gasteiger partial charge in [0.2, 0.25) is 0 Å². The van der Waals surface area contributed by atoms with Crippen molar-refractivity contribution in [2.75, 3.05) is 0 Å². The van der Waals surface area contributed by atoms with Gasteiger partial charge in [0.1, 0.15) is 0 Å². The van der Waals surface area contributed by atoms with Crippen LogP contribution in [0, 0.1) is 13.8 Å². The monoisotopic (exact) mass is 254 g/mol. The van der Waals surface area contributed by atoms with Crippen LogP contribution in [0.25, 0.3) is 0 Å². The summed E-state index contributed by atoms with van der Waals surface area (Å²) in [5, 5.41) is 4.03. The van der Waals surface area contributed by atoms with Crippen molar-refractivity contribution in [2.24, 2.45) is 5.14 Å². The minimum atomic E-state index is -4.23. The average molecular weight is 254 g/mol. The second kappa shape index (κ2) is 5.97. The normalized spacial score (nSPS) is 12.7. The van der Waals surface area contributed by atoms with E-state index in [1.807, 2.05) is 0 Å². The van der Waals surface area contributed by atoms with E-state index in [2.05, 4.69) is 5.14 Å². The molecule has 0 heterocycles. The van der Waals surface area contributed by atoms with Gasteiger partial charge in [0, 0.05) is 11.3 Å². The molecule has 1 unspecified atom stereocenters. The quantitative estimate of drug-likeness (QED) is 0.720. The van der Waals surface area contributed by atoms with Gasteiger partial charge in [-0.15, -0.1) is 0 Å². The summed E-state index contributed by atoms with van der Waals surface area (Å²) in [6.45, 7) is 3.16. The Hall–Kier alpha value is -0.920. The molecular weight excluding hydrogens is 243 g/mol. The molecule has 0 aromatic heterocycles. The molecule has 0 aliphatic heterocycles. The molecule has 0 spiro atoms. The summed E-state index contributed by atoms with van der Waals surface area (Å²) in [5.74, 6) is 0. The highest BCUT2D eigenvalue weighted by molar-refractivity contribution is 7.76. The SMILES string of the molecule is Cc1cccc(C(F)(F)F)c1C.NS(=O)[O-]. The van der Waals surface area contributed by atoms with Crippen molar-refractivity contribution < 1.29 is 21.9 Å². The van der Waals surface area contributed by atoms with Crippen molar-refractivity contribution in [1.29, 1.82) is 0 Å². The fourth-order valence-corrected chi connectivity index (χ4v) is 1.06. The summed E-state index contributed by atoms with van der Waals surface area (Å²) >= 11 is -2.36. The Labute approximate surface area is 93.9 Å². The van der Waals surface area contributed by atoms with Gasteiger partial charge in [0.15, 0.2) is 0 Å². The van der Waals surface area contributed by atoms with E-state index in [4.69, 9.17) is 8.76 Å². The predicted octanol–water partition coefficient (Wildman–Crippen LogP) is 2.06. The third-order valence-corrected chi connectivity index (χ3v) is 1.91. The van der Waals surface area contributed by atoms with Crippen LogP contribution in [0.2, 0.25) is 0 Å². The number of halogens is 3. The van der Waals surface area contributed by atoms with E-state index >= 15 is 0 Å². The van der Waals surface area contributed by atoms with Gasteiger partial charge in [-0.2, -0.15) is 13.2 Å². The number of hydrogen-bond donors (Lipinski definition) is 1. The number of alkyl halides is 3. The lowest BCUT2D eigenvalue weighted by molar-refractivity contribution is -0.138. The minimum absolute atomic E-state index is 0.310. The lowest BCUT2D eigenvalue weighted by atomic mass is 10.0. The molecule has 7 heteroatoms. The summed E-state index contributed by atoms with van der Waals surface area (Å²) in [5.41, 5.74) is 0.442. The molecule has 0 radical (unpaired) electrons. The van der Waals surface area contributed by atoms with Gasteiger partial charge in [-0.1, -0.05) is 12.1 Å². The minimum Gasteiger partial charge on any atom is -0.760 e. The van der Waals surface area contributed by atoms with Gasteiger partial charge in [0.25, 0.3) is 0 Å². The Morgan fingerprint density at radius 3 is 2.06 bits per heavy atom. The molecule has 1 rings (SSSR count). The molecule has 2 N–H and O–H groups in total. The molecule has 0 saturated heterocycles. The van der Waals surface area contributed by atoms with Crippen LogP contribution in [0.5, 0.6) is 0 Å². The highest BCUT2D eigenvalue weighted by Gasteiger charge is 2.32. The molecule has 0 saturated carbocycles. The third-order valence-electron chi connectivity index (χ3n) is 1.91. The van der Waals surface area contributed by atoms with Crippen LogP contribution in [0.1, 0.15) is 16.7 Å². The van der Waals surface area contributed by atoms with Crippen LogP contribution in [-0.2, 0) is 17.4 Å². The zero-order valence-corrected chi connectivity index (χ0v) is 9.48. The molecule has 0 aliphatic carbocycles. The summed E-state index contributed by atoms with van der Waals surface area (Å²) in [4.78, 5) is 0. The van der Waals surface area contributed by atoms with E-state index in [0.29, 0.717) is 11.1 Å². The van der Waals surface area contributed by atoms with Gasteiger partial charge < -0.3 is 4.55 Å². The first kappa shape index (κ1) is 15.1. The standard InChI is InChI=1S/C9H9F3.H3NO2S/c1-6-4-3-5-8(7(6)2)9(10,11)12;1-4(2)3/h3-5H,1-2H3;1H2,(H,2,3)/p-1. The highest BCUT2D eigenvalue weighted by Crippen LogP contribution is 2.32.